The van der Waals surface area contributed by atoms with Gasteiger partial charge in [-0.15, -0.1) is 0 Å². The van der Waals surface area contributed by atoms with Crippen molar-refractivity contribution in [2.75, 3.05) is 13.7 Å². The van der Waals surface area contributed by atoms with Crippen molar-refractivity contribution in [1.29, 1.82) is 0 Å². The highest BCUT2D eigenvalue weighted by atomic mass is 35.5. The van der Waals surface area contributed by atoms with Crippen LogP contribution in [0.1, 0.15) is 16.7 Å². The molecule has 4 heteroatoms. The molecule has 0 aliphatic rings. The lowest BCUT2D eigenvalue weighted by Gasteiger charge is -2.15. The first-order valence-corrected chi connectivity index (χ1v) is 7.27. The van der Waals surface area contributed by atoms with Crippen molar-refractivity contribution in [3.8, 4) is 11.5 Å². The zero-order chi connectivity index (χ0) is 15.2. The molecule has 0 radical (unpaired) electrons. The van der Waals surface area contributed by atoms with Crippen molar-refractivity contribution in [2.24, 2.45) is 5.73 Å². The molecule has 0 bridgehead atoms. The Hall–Kier alpha value is -1.71. The van der Waals surface area contributed by atoms with Crippen LogP contribution in [0.15, 0.2) is 36.4 Å². The fourth-order valence-corrected chi connectivity index (χ4v) is 2.49. The van der Waals surface area contributed by atoms with Crippen molar-refractivity contribution >= 4 is 11.6 Å². The molecule has 0 aromatic heterocycles. The molecule has 0 spiro atoms. The third-order valence-electron chi connectivity index (χ3n) is 3.27. The van der Waals surface area contributed by atoms with E-state index in [2.05, 4.69) is 6.07 Å². The second-order valence-electron chi connectivity index (χ2n) is 4.87. The van der Waals surface area contributed by atoms with Crippen molar-refractivity contribution in [2.45, 2.75) is 20.0 Å². The summed E-state index contributed by atoms with van der Waals surface area (Å²) in [6, 6.07) is 11.7. The van der Waals surface area contributed by atoms with Crippen LogP contribution in [0.3, 0.4) is 0 Å². The maximum Gasteiger partial charge on any atom is 0.141 e. The SMILES string of the molecule is COc1ccc(C)cc1COc1c(Cl)cccc1CCN. The quantitative estimate of drug-likeness (QED) is 0.884. The standard InChI is InChI=1S/C17H20ClNO2/c1-12-6-7-16(20-2)14(10-12)11-21-17-13(8-9-19)4-3-5-15(17)18/h3-7,10H,8-9,11,19H2,1-2H3. The molecule has 0 saturated carbocycles. The van der Waals surface area contributed by atoms with Crippen LogP contribution in [0, 0.1) is 6.92 Å². The van der Waals surface area contributed by atoms with Gasteiger partial charge in [-0.1, -0.05) is 35.4 Å². The molecule has 112 valence electrons. The Morgan fingerprint density at radius 3 is 2.67 bits per heavy atom. The second-order valence-corrected chi connectivity index (χ2v) is 5.28. The summed E-state index contributed by atoms with van der Waals surface area (Å²) >= 11 is 6.24. The molecule has 0 unspecified atom stereocenters. The number of para-hydroxylation sites is 1. The number of hydrogen-bond donors (Lipinski definition) is 1. The molecule has 2 N–H and O–H groups in total. The Morgan fingerprint density at radius 2 is 1.95 bits per heavy atom. The molecule has 0 heterocycles. The number of ether oxygens (including phenoxy) is 2. The van der Waals surface area contributed by atoms with Crippen LogP contribution in [0.5, 0.6) is 11.5 Å². The monoisotopic (exact) mass is 305 g/mol. The Kier molecular flexibility index (Phi) is 5.48. The van der Waals surface area contributed by atoms with Crippen LogP contribution in [0.25, 0.3) is 0 Å². The molecule has 0 atom stereocenters. The van der Waals surface area contributed by atoms with Crippen LogP contribution >= 0.6 is 11.6 Å². The van der Waals surface area contributed by atoms with Gasteiger partial charge in [-0.2, -0.15) is 0 Å². The number of nitrogens with two attached hydrogens (primary N) is 1. The lowest BCUT2D eigenvalue weighted by molar-refractivity contribution is 0.294. The lowest BCUT2D eigenvalue weighted by atomic mass is 10.1. The van der Waals surface area contributed by atoms with Gasteiger partial charge in [0.1, 0.15) is 18.1 Å². The van der Waals surface area contributed by atoms with Crippen molar-refractivity contribution in [3.63, 3.8) is 0 Å². The first kappa shape index (κ1) is 15.7. The molecule has 21 heavy (non-hydrogen) atoms. The third-order valence-corrected chi connectivity index (χ3v) is 3.57. The van der Waals surface area contributed by atoms with E-state index in [4.69, 9.17) is 26.8 Å². The van der Waals surface area contributed by atoms with Crippen LogP contribution in [0.4, 0.5) is 0 Å². The van der Waals surface area contributed by atoms with E-state index in [0.29, 0.717) is 23.9 Å². The lowest BCUT2D eigenvalue weighted by Crippen LogP contribution is -2.06. The minimum absolute atomic E-state index is 0.409. The highest BCUT2D eigenvalue weighted by Crippen LogP contribution is 2.31. The van der Waals surface area contributed by atoms with E-state index >= 15 is 0 Å². The first-order valence-electron chi connectivity index (χ1n) is 6.89. The molecular weight excluding hydrogens is 286 g/mol. The summed E-state index contributed by atoms with van der Waals surface area (Å²) in [4.78, 5) is 0. The number of methoxy groups -OCH3 is 1. The Labute approximate surface area is 130 Å². The van der Waals surface area contributed by atoms with Crippen LogP contribution in [0.2, 0.25) is 5.02 Å². The summed E-state index contributed by atoms with van der Waals surface area (Å²) in [5.41, 5.74) is 8.82. The van der Waals surface area contributed by atoms with Gasteiger partial charge in [-0.05, 0) is 43.7 Å². The molecule has 0 fully saturated rings. The highest BCUT2D eigenvalue weighted by molar-refractivity contribution is 6.32. The van der Waals surface area contributed by atoms with Gasteiger partial charge in [0.05, 0.1) is 12.1 Å². The Bertz CT molecular complexity index is 614. The summed E-state index contributed by atoms with van der Waals surface area (Å²) < 4.78 is 11.3. The third kappa shape index (κ3) is 3.90. The average Bonchev–Trinajstić information content (AvgIpc) is 2.47. The summed E-state index contributed by atoms with van der Waals surface area (Å²) in [6.07, 6.45) is 0.737. The summed E-state index contributed by atoms with van der Waals surface area (Å²) in [5.74, 6) is 1.52. The van der Waals surface area contributed by atoms with Crippen molar-refractivity contribution in [1.82, 2.24) is 0 Å². The fourth-order valence-electron chi connectivity index (χ4n) is 2.24. The van der Waals surface area contributed by atoms with Crippen molar-refractivity contribution < 1.29 is 9.47 Å². The van der Waals surface area contributed by atoms with E-state index in [9.17, 15) is 0 Å². The van der Waals surface area contributed by atoms with Gasteiger partial charge >= 0.3 is 0 Å². The van der Waals surface area contributed by atoms with Gasteiger partial charge in [-0.25, -0.2) is 0 Å². The van der Waals surface area contributed by atoms with E-state index < -0.39 is 0 Å². The van der Waals surface area contributed by atoms with Crippen LogP contribution in [-0.2, 0) is 13.0 Å². The Balaban J connectivity index is 2.22. The predicted octanol–water partition coefficient (Wildman–Crippen LogP) is 3.74. The molecule has 0 aliphatic carbocycles. The molecule has 2 aromatic rings. The maximum atomic E-state index is 6.24. The minimum Gasteiger partial charge on any atom is -0.496 e. The summed E-state index contributed by atoms with van der Waals surface area (Å²) in [6.45, 7) is 3.01. The van der Waals surface area contributed by atoms with E-state index in [1.807, 2.05) is 37.3 Å². The molecule has 3 nitrogen and oxygen atoms in total. The minimum atomic E-state index is 0.409. The molecule has 2 aromatic carbocycles. The first-order chi connectivity index (χ1) is 10.2. The van der Waals surface area contributed by atoms with Crippen molar-refractivity contribution in [3.05, 3.63) is 58.1 Å². The number of benzene rings is 2. The van der Waals surface area contributed by atoms with E-state index in [0.717, 1.165) is 28.9 Å². The van der Waals surface area contributed by atoms with Gasteiger partial charge in [0.2, 0.25) is 0 Å². The predicted molar refractivity (Wildman–Crippen MR) is 86.3 cm³/mol. The summed E-state index contributed by atoms with van der Waals surface area (Å²) in [7, 11) is 1.66. The van der Waals surface area contributed by atoms with Gasteiger partial charge in [-0.3, -0.25) is 0 Å². The highest BCUT2D eigenvalue weighted by Gasteiger charge is 2.10. The van der Waals surface area contributed by atoms with E-state index in [1.165, 1.54) is 0 Å². The number of halogens is 1. The van der Waals surface area contributed by atoms with Gasteiger partial charge < -0.3 is 15.2 Å². The average molecular weight is 306 g/mol. The maximum absolute atomic E-state index is 6.24. The number of hydrogen-bond acceptors (Lipinski definition) is 3. The molecule has 0 aliphatic heterocycles. The van der Waals surface area contributed by atoms with Gasteiger partial charge in [0, 0.05) is 5.56 Å². The molecule has 0 amide bonds. The number of rotatable bonds is 6. The molecule has 2 rings (SSSR count). The normalized spacial score (nSPS) is 10.5. The van der Waals surface area contributed by atoms with E-state index in [-0.39, 0.29) is 0 Å². The topological polar surface area (TPSA) is 44.5 Å². The molecule has 0 saturated heterocycles. The largest absolute Gasteiger partial charge is 0.496 e. The molecular formula is C17H20ClNO2. The zero-order valence-corrected chi connectivity index (χ0v) is 13.1. The van der Waals surface area contributed by atoms with Crippen LogP contribution in [-0.4, -0.2) is 13.7 Å². The van der Waals surface area contributed by atoms with Gasteiger partial charge in [0.25, 0.3) is 0 Å². The second kappa shape index (κ2) is 7.34. The number of aryl methyl sites for hydroxylation is 1. The Morgan fingerprint density at radius 1 is 1.14 bits per heavy atom. The summed E-state index contributed by atoms with van der Waals surface area (Å²) in [5, 5.41) is 0.604. The van der Waals surface area contributed by atoms with E-state index in [1.54, 1.807) is 7.11 Å². The smallest absolute Gasteiger partial charge is 0.141 e. The van der Waals surface area contributed by atoms with Gasteiger partial charge in [0.15, 0.2) is 0 Å². The van der Waals surface area contributed by atoms with Crippen LogP contribution < -0.4 is 15.2 Å². The zero-order valence-electron chi connectivity index (χ0n) is 12.4. The fraction of sp³-hybridized carbons (Fsp3) is 0.294.